The Morgan fingerprint density at radius 3 is 2.50 bits per heavy atom. The van der Waals surface area contributed by atoms with Crippen molar-refractivity contribution in [2.75, 3.05) is 46.0 Å². The average Bonchev–Trinajstić information content (AvgIpc) is 3.26. The second-order valence-corrected chi connectivity index (χ2v) is 10.1. The van der Waals surface area contributed by atoms with Gasteiger partial charge in [0.2, 0.25) is 17.6 Å². The molecule has 1 aliphatic rings. The molecule has 2 heterocycles. The van der Waals surface area contributed by atoms with Crippen molar-refractivity contribution in [2.24, 2.45) is 0 Å². The number of nitrogens with one attached hydrogen (secondary N) is 3. The van der Waals surface area contributed by atoms with Crippen molar-refractivity contribution in [1.29, 1.82) is 0 Å². The molecule has 2 amide bonds. The summed E-state index contributed by atoms with van der Waals surface area (Å²) in [4.78, 5) is 44.0. The van der Waals surface area contributed by atoms with Crippen LogP contribution in [-0.2, 0) is 9.59 Å². The molecule has 0 bridgehead atoms. The highest BCUT2D eigenvalue weighted by atomic mass is 19.1. The van der Waals surface area contributed by atoms with Crippen molar-refractivity contribution in [3.8, 4) is 11.5 Å². The minimum absolute atomic E-state index is 0.0920. The molecule has 1 aromatic carbocycles. The third-order valence-electron chi connectivity index (χ3n) is 6.99. The monoisotopic (exact) mass is 603 g/mol. The number of methoxy groups -OCH3 is 2. The highest BCUT2D eigenvalue weighted by molar-refractivity contribution is 6.16. The lowest BCUT2D eigenvalue weighted by atomic mass is 9.99. The Labute approximate surface area is 254 Å². The van der Waals surface area contributed by atoms with Crippen LogP contribution in [0.25, 0.3) is 11.0 Å². The van der Waals surface area contributed by atoms with Gasteiger partial charge in [0, 0.05) is 43.9 Å². The van der Waals surface area contributed by atoms with Crippen LogP contribution in [0.3, 0.4) is 0 Å². The fraction of sp³-hybridized carbons (Fsp3) is 0.250. The molecular formula is C32H34FN5O6. The SMILES string of the molecule is C=CC(=O)NC1C=C(CC(=O)N(C)C)C=CC(Nc2cc3c(NC)c(C(=O)c4c(C)c(OC)cc(OC)c4F)oc3cn2)=C1. The minimum Gasteiger partial charge on any atom is -0.496 e. The van der Waals surface area contributed by atoms with Gasteiger partial charge in [0.25, 0.3) is 0 Å². The maximum absolute atomic E-state index is 15.3. The van der Waals surface area contributed by atoms with Gasteiger partial charge >= 0.3 is 0 Å². The van der Waals surface area contributed by atoms with Crippen molar-refractivity contribution in [2.45, 2.75) is 19.4 Å². The summed E-state index contributed by atoms with van der Waals surface area (Å²) in [6.07, 6.45) is 9.86. The van der Waals surface area contributed by atoms with Gasteiger partial charge in [-0.25, -0.2) is 9.37 Å². The molecule has 0 spiro atoms. The average molecular weight is 604 g/mol. The standard InChI is InChI=1S/C32H34FN5O6/c1-8-26(39)37-20-11-18(12-27(40)38(4)5)9-10-19(13-20)36-25-14-21-24(16-35-25)44-32(30(21)34-3)31(41)28-17(2)22(42-6)15-23(43-7)29(28)33/h8-11,13-16,20,34H,1,12H2,2-7H3,(H,35,36)(H,37,39). The summed E-state index contributed by atoms with van der Waals surface area (Å²) in [5.74, 6) is -1.56. The third kappa shape index (κ3) is 6.48. The van der Waals surface area contributed by atoms with E-state index >= 15 is 4.39 Å². The van der Waals surface area contributed by atoms with E-state index in [4.69, 9.17) is 13.9 Å². The van der Waals surface area contributed by atoms with Gasteiger partial charge in [-0.05, 0) is 36.8 Å². The maximum atomic E-state index is 15.3. The Bertz CT molecular complexity index is 1710. The minimum atomic E-state index is -0.829. The van der Waals surface area contributed by atoms with Gasteiger partial charge in [0.05, 0.1) is 44.1 Å². The van der Waals surface area contributed by atoms with Crippen LogP contribution in [0.1, 0.15) is 28.1 Å². The lowest BCUT2D eigenvalue weighted by Crippen LogP contribution is -2.31. The number of ether oxygens (including phenoxy) is 2. The molecule has 230 valence electrons. The van der Waals surface area contributed by atoms with Crippen molar-refractivity contribution >= 4 is 40.1 Å². The first-order valence-electron chi connectivity index (χ1n) is 13.6. The molecule has 44 heavy (non-hydrogen) atoms. The Morgan fingerprint density at radius 2 is 1.86 bits per heavy atom. The number of allylic oxidation sites excluding steroid dienone is 2. The largest absolute Gasteiger partial charge is 0.496 e. The molecule has 0 radical (unpaired) electrons. The number of aromatic nitrogens is 1. The van der Waals surface area contributed by atoms with Crippen LogP contribution in [0.2, 0.25) is 0 Å². The Balaban J connectivity index is 1.70. The Kier molecular flexibility index (Phi) is 9.52. The summed E-state index contributed by atoms with van der Waals surface area (Å²) < 4.78 is 31.7. The summed E-state index contributed by atoms with van der Waals surface area (Å²) in [5.41, 5.74) is 1.99. The van der Waals surface area contributed by atoms with Crippen molar-refractivity contribution in [3.63, 3.8) is 0 Å². The predicted molar refractivity (Wildman–Crippen MR) is 166 cm³/mol. The first-order valence-corrected chi connectivity index (χ1v) is 13.6. The molecule has 3 aromatic rings. The van der Waals surface area contributed by atoms with Gasteiger partial charge in [0.1, 0.15) is 11.6 Å². The summed E-state index contributed by atoms with van der Waals surface area (Å²) in [5, 5.41) is 9.54. The second kappa shape index (κ2) is 13.3. The van der Waals surface area contributed by atoms with Crippen LogP contribution >= 0.6 is 0 Å². The molecule has 3 N–H and O–H groups in total. The number of rotatable bonds is 11. The summed E-state index contributed by atoms with van der Waals surface area (Å²) in [6.45, 7) is 5.08. The zero-order chi connectivity index (χ0) is 32.1. The Hall–Kier alpha value is -5.39. The smallest absolute Gasteiger partial charge is 0.244 e. The molecule has 0 saturated heterocycles. The van der Waals surface area contributed by atoms with Crippen molar-refractivity contribution in [1.82, 2.24) is 15.2 Å². The van der Waals surface area contributed by atoms with E-state index < -0.39 is 17.6 Å². The van der Waals surface area contributed by atoms with E-state index in [9.17, 15) is 14.4 Å². The molecule has 0 aliphatic heterocycles. The number of amides is 2. The molecular weight excluding hydrogens is 569 g/mol. The van der Waals surface area contributed by atoms with Crippen LogP contribution in [0.15, 0.2) is 71.0 Å². The number of carbonyl (C=O) groups is 3. The molecule has 1 atom stereocenters. The van der Waals surface area contributed by atoms with Crippen molar-refractivity contribution in [3.05, 3.63) is 89.3 Å². The topological polar surface area (TPSA) is 135 Å². The summed E-state index contributed by atoms with van der Waals surface area (Å²) in [6, 6.07) is 2.51. The molecule has 0 saturated carbocycles. The molecule has 2 aromatic heterocycles. The first kappa shape index (κ1) is 31.5. The fourth-order valence-corrected chi connectivity index (χ4v) is 4.69. The van der Waals surface area contributed by atoms with Gasteiger partial charge < -0.3 is 34.7 Å². The van der Waals surface area contributed by atoms with Gasteiger partial charge in [-0.15, -0.1) is 0 Å². The number of furan rings is 1. The second-order valence-electron chi connectivity index (χ2n) is 10.1. The van der Waals surface area contributed by atoms with Gasteiger partial charge in [-0.2, -0.15) is 0 Å². The number of hydrogen-bond acceptors (Lipinski definition) is 9. The van der Waals surface area contributed by atoms with E-state index in [2.05, 4.69) is 27.5 Å². The van der Waals surface area contributed by atoms with E-state index in [1.165, 1.54) is 37.5 Å². The molecule has 0 fully saturated rings. The van der Waals surface area contributed by atoms with Crippen LogP contribution in [0, 0.1) is 12.7 Å². The zero-order valence-electron chi connectivity index (χ0n) is 25.3. The number of nitrogens with zero attached hydrogens (tertiary/aromatic N) is 2. The van der Waals surface area contributed by atoms with E-state index in [1.807, 2.05) is 0 Å². The number of fused-ring (bicyclic) bond motifs is 1. The molecule has 1 aliphatic carbocycles. The predicted octanol–water partition coefficient (Wildman–Crippen LogP) is 4.51. The number of halogens is 1. The highest BCUT2D eigenvalue weighted by Crippen LogP contribution is 2.38. The fourth-order valence-electron chi connectivity index (χ4n) is 4.69. The number of ketones is 1. The molecule has 1 unspecified atom stereocenters. The van der Waals surface area contributed by atoms with Crippen LogP contribution in [0.5, 0.6) is 11.5 Å². The first-order chi connectivity index (χ1) is 21.0. The number of benzene rings is 1. The summed E-state index contributed by atoms with van der Waals surface area (Å²) in [7, 11) is 7.69. The maximum Gasteiger partial charge on any atom is 0.244 e. The third-order valence-corrected chi connectivity index (χ3v) is 6.99. The lowest BCUT2D eigenvalue weighted by Gasteiger charge is -2.14. The quantitative estimate of drug-likeness (QED) is 0.214. The van der Waals surface area contributed by atoms with Crippen LogP contribution in [0.4, 0.5) is 15.9 Å². The van der Waals surface area contributed by atoms with Crippen LogP contribution < -0.4 is 25.4 Å². The van der Waals surface area contributed by atoms with Crippen molar-refractivity contribution < 1.29 is 32.7 Å². The van der Waals surface area contributed by atoms with E-state index in [0.717, 1.165) is 0 Å². The molecule has 11 nitrogen and oxygen atoms in total. The highest BCUT2D eigenvalue weighted by Gasteiger charge is 2.29. The molecule has 4 rings (SSSR count). The number of carbonyl (C=O) groups excluding carboxylic acids is 3. The number of anilines is 2. The van der Waals surface area contributed by atoms with Crippen LogP contribution in [-0.4, -0.2) is 68.9 Å². The molecule has 12 heteroatoms. The van der Waals surface area contributed by atoms with Gasteiger partial charge in [0.15, 0.2) is 22.9 Å². The normalized spacial score (nSPS) is 14.2. The van der Waals surface area contributed by atoms with E-state index in [-0.39, 0.29) is 41.1 Å². The number of pyridine rings is 1. The number of hydrogen-bond donors (Lipinski definition) is 3. The summed E-state index contributed by atoms with van der Waals surface area (Å²) >= 11 is 0. The van der Waals surface area contributed by atoms with E-state index in [0.29, 0.717) is 39.3 Å². The Morgan fingerprint density at radius 1 is 1.14 bits per heavy atom. The zero-order valence-corrected chi connectivity index (χ0v) is 25.3. The van der Waals surface area contributed by atoms with Gasteiger partial charge in [-0.3, -0.25) is 14.4 Å². The van der Waals surface area contributed by atoms with E-state index in [1.54, 1.807) is 58.4 Å². The van der Waals surface area contributed by atoms with Gasteiger partial charge in [-0.1, -0.05) is 18.7 Å². The lowest BCUT2D eigenvalue weighted by molar-refractivity contribution is -0.127.